The first-order chi connectivity index (χ1) is 17.5. The summed E-state index contributed by atoms with van der Waals surface area (Å²) in [4.78, 5) is 44.4. The van der Waals surface area contributed by atoms with Crippen molar-refractivity contribution >= 4 is 17.5 Å². The van der Waals surface area contributed by atoms with Crippen LogP contribution in [0.25, 0.3) is 4.85 Å². The van der Waals surface area contributed by atoms with Crippen molar-refractivity contribution < 1.29 is 19.1 Å². The molecule has 6 rings (SSSR count). The molecule has 8 atom stereocenters. The number of ketones is 2. The molecule has 38 heavy (non-hydrogen) atoms. The second-order valence-electron chi connectivity index (χ2n) is 14.8. The summed E-state index contributed by atoms with van der Waals surface area (Å²) in [5.41, 5.74) is 2.44. The first-order valence-electron chi connectivity index (χ1n) is 14.1. The number of amides is 1. The van der Waals surface area contributed by atoms with E-state index < -0.39 is 44.9 Å². The van der Waals surface area contributed by atoms with Gasteiger partial charge in [0.25, 0.3) is 0 Å². The van der Waals surface area contributed by atoms with E-state index in [-0.39, 0.29) is 28.2 Å². The molecule has 0 aromatic rings. The molecule has 6 heteroatoms. The van der Waals surface area contributed by atoms with Crippen molar-refractivity contribution in [3.8, 4) is 0 Å². The predicted octanol–water partition coefficient (Wildman–Crippen LogP) is 5.69. The molecule has 0 unspecified atom stereocenters. The number of nitrogens with zero attached hydrogens (tertiary/aromatic N) is 1. The Morgan fingerprint density at radius 3 is 2.34 bits per heavy atom. The Labute approximate surface area is 225 Å². The number of ether oxygens (including phenoxy) is 1. The van der Waals surface area contributed by atoms with Gasteiger partial charge < -0.3 is 15.3 Å². The zero-order chi connectivity index (χ0) is 27.9. The summed E-state index contributed by atoms with van der Waals surface area (Å²) in [5, 5.41) is 0. The van der Waals surface area contributed by atoms with Crippen LogP contribution in [0.15, 0.2) is 35.8 Å². The highest BCUT2D eigenvalue weighted by atomic mass is 16.5. The molecule has 0 radical (unpaired) electrons. The maximum absolute atomic E-state index is 14.7. The third-order valence-electron chi connectivity index (χ3n) is 13.1. The minimum absolute atomic E-state index is 0.0183. The molecule has 1 spiro atoms. The lowest BCUT2D eigenvalue weighted by molar-refractivity contribution is -0.203. The highest BCUT2D eigenvalue weighted by Crippen LogP contribution is 2.80. The smallest absolute Gasteiger partial charge is 0.230 e. The maximum atomic E-state index is 14.7. The fourth-order valence-corrected chi connectivity index (χ4v) is 10.6. The number of primary amides is 1. The topological polar surface area (TPSA) is 90.8 Å². The largest absolute Gasteiger partial charge is 0.483 e. The SMILES string of the molecule is [C-]#[N+]C1=C[C@]2(C)C3=CC(=O)[C@]45OC(=C)[C@@]6(CCC(C)(C)C[C@H]64)CC[C@@]5(C)[C@]3(C)CC[C@H]2[C@](C)(C(N)=O)C1=O. The number of carbonyl (C=O) groups is 3. The summed E-state index contributed by atoms with van der Waals surface area (Å²) in [6.45, 7) is 24.8. The Balaban J connectivity index is 1.60. The molecule has 2 N–H and O–H groups in total. The van der Waals surface area contributed by atoms with Crippen LogP contribution in [0.1, 0.15) is 86.5 Å². The van der Waals surface area contributed by atoms with E-state index in [1.165, 1.54) is 0 Å². The van der Waals surface area contributed by atoms with Gasteiger partial charge in [-0.1, -0.05) is 52.8 Å². The zero-order valence-corrected chi connectivity index (χ0v) is 23.6. The van der Waals surface area contributed by atoms with Gasteiger partial charge in [0.2, 0.25) is 11.6 Å². The number of fused-ring (bicyclic) bond motifs is 4. The van der Waals surface area contributed by atoms with Gasteiger partial charge in [-0.15, -0.1) is 0 Å². The Hall–Kier alpha value is -2.68. The minimum Gasteiger partial charge on any atom is -0.483 e. The molecule has 6 aliphatic rings. The number of Topliss-reactive ketones (excluding diaryl/α,β-unsaturated/α-hetero) is 1. The van der Waals surface area contributed by atoms with Crippen molar-refractivity contribution in [3.63, 3.8) is 0 Å². The van der Waals surface area contributed by atoms with Crippen LogP contribution < -0.4 is 5.73 Å². The first kappa shape index (κ1) is 25.6. The van der Waals surface area contributed by atoms with Crippen molar-refractivity contribution in [2.45, 2.75) is 92.1 Å². The van der Waals surface area contributed by atoms with Crippen LogP contribution in [-0.2, 0) is 19.1 Å². The lowest BCUT2D eigenvalue weighted by Gasteiger charge is -2.69. The van der Waals surface area contributed by atoms with Crippen LogP contribution in [-0.4, -0.2) is 23.1 Å². The van der Waals surface area contributed by atoms with Gasteiger partial charge in [0.05, 0.1) is 12.3 Å². The van der Waals surface area contributed by atoms with Gasteiger partial charge in [-0.05, 0) is 74.7 Å². The third-order valence-corrected chi connectivity index (χ3v) is 13.1. The van der Waals surface area contributed by atoms with Crippen LogP contribution >= 0.6 is 0 Å². The van der Waals surface area contributed by atoms with E-state index in [4.69, 9.17) is 17.0 Å². The number of allylic oxidation sites excluding steroid dienone is 4. The fraction of sp³-hybridized carbons (Fsp3) is 0.688. The van der Waals surface area contributed by atoms with Crippen LogP contribution in [0.4, 0.5) is 0 Å². The fourth-order valence-electron chi connectivity index (χ4n) is 10.6. The molecule has 6 nitrogen and oxygen atoms in total. The highest BCUT2D eigenvalue weighted by Gasteiger charge is 2.81. The summed E-state index contributed by atoms with van der Waals surface area (Å²) in [6.07, 6.45) is 9.63. The van der Waals surface area contributed by atoms with E-state index in [0.29, 0.717) is 12.8 Å². The van der Waals surface area contributed by atoms with Crippen molar-refractivity contribution in [1.82, 2.24) is 0 Å². The van der Waals surface area contributed by atoms with Crippen LogP contribution in [0.2, 0.25) is 0 Å². The lowest BCUT2D eigenvalue weighted by Crippen LogP contribution is -2.72. The number of carbonyl (C=O) groups excluding carboxylic acids is 3. The average molecular weight is 517 g/mol. The molecule has 202 valence electrons. The van der Waals surface area contributed by atoms with Gasteiger partial charge in [0, 0.05) is 22.2 Å². The van der Waals surface area contributed by atoms with Crippen LogP contribution in [0.3, 0.4) is 0 Å². The van der Waals surface area contributed by atoms with Crippen molar-refractivity contribution in [2.75, 3.05) is 0 Å². The van der Waals surface area contributed by atoms with E-state index in [1.54, 1.807) is 19.1 Å². The van der Waals surface area contributed by atoms with Crippen molar-refractivity contribution in [3.05, 3.63) is 47.2 Å². The molecule has 2 bridgehead atoms. The molecule has 3 saturated carbocycles. The molecule has 1 amide bonds. The first-order valence-corrected chi connectivity index (χ1v) is 14.1. The van der Waals surface area contributed by atoms with E-state index >= 15 is 0 Å². The number of rotatable bonds is 1. The molecule has 4 fully saturated rings. The van der Waals surface area contributed by atoms with Crippen LogP contribution in [0.5, 0.6) is 0 Å². The molecule has 5 aliphatic carbocycles. The molecular weight excluding hydrogens is 476 g/mol. The zero-order valence-electron chi connectivity index (χ0n) is 23.6. The Morgan fingerprint density at radius 1 is 1.05 bits per heavy atom. The number of hydrogen-bond acceptors (Lipinski definition) is 4. The molecule has 1 heterocycles. The minimum atomic E-state index is -1.50. The standard InChI is InChI=1S/C32H40N2O4/c1-18-31-13-11-26(2,3)17-22(31)32(38-18)23(35)15-21-27(4)16-19(34-8)24(36)30(7,25(33)37)20(27)9-10-28(21,5)29(32,6)12-14-31/h15-16,20,22H,1,9-14,17H2,2-7H3,(H2,33,37)/t20-,22-,27+,28-,29+,30+,31-,32-/m1/s1. The van der Waals surface area contributed by atoms with Gasteiger partial charge in [0.15, 0.2) is 17.2 Å². The molecule has 1 aliphatic heterocycles. The Kier molecular flexibility index (Phi) is 4.65. The quantitative estimate of drug-likeness (QED) is 0.358. The summed E-state index contributed by atoms with van der Waals surface area (Å²) in [7, 11) is 0. The summed E-state index contributed by atoms with van der Waals surface area (Å²) in [5.74, 6) is -0.796. The molecule has 0 aromatic heterocycles. The Bertz CT molecular complexity index is 1350. The van der Waals surface area contributed by atoms with E-state index in [2.05, 4.69) is 39.1 Å². The molecular formula is C32H40N2O4. The second-order valence-corrected chi connectivity index (χ2v) is 14.8. The predicted molar refractivity (Wildman–Crippen MR) is 143 cm³/mol. The normalized spacial score (nSPS) is 50.3. The van der Waals surface area contributed by atoms with Crippen molar-refractivity contribution in [2.24, 2.45) is 50.1 Å². The maximum Gasteiger partial charge on any atom is 0.230 e. The summed E-state index contributed by atoms with van der Waals surface area (Å²) in [6, 6.07) is 0. The lowest BCUT2D eigenvalue weighted by atomic mass is 9.33. The van der Waals surface area contributed by atoms with Gasteiger partial charge in [-0.25, -0.2) is 4.85 Å². The molecule has 0 aromatic carbocycles. The summed E-state index contributed by atoms with van der Waals surface area (Å²) < 4.78 is 6.86. The van der Waals surface area contributed by atoms with E-state index in [0.717, 1.165) is 43.4 Å². The molecule has 1 saturated heterocycles. The summed E-state index contributed by atoms with van der Waals surface area (Å²) >= 11 is 0. The Morgan fingerprint density at radius 2 is 1.71 bits per heavy atom. The highest BCUT2D eigenvalue weighted by molar-refractivity contribution is 6.15. The van der Waals surface area contributed by atoms with E-state index in [9.17, 15) is 14.4 Å². The number of nitrogens with two attached hydrogens (primary N) is 1. The average Bonchev–Trinajstić information content (AvgIpc) is 3.03. The number of hydrogen-bond donors (Lipinski definition) is 1. The second kappa shape index (κ2) is 6.90. The van der Waals surface area contributed by atoms with Crippen LogP contribution in [0, 0.1) is 50.9 Å². The monoisotopic (exact) mass is 516 g/mol. The van der Waals surface area contributed by atoms with Crippen molar-refractivity contribution in [1.29, 1.82) is 0 Å². The van der Waals surface area contributed by atoms with Gasteiger partial charge in [-0.2, -0.15) is 0 Å². The van der Waals surface area contributed by atoms with Gasteiger partial charge >= 0.3 is 0 Å². The third kappa shape index (κ3) is 2.40. The van der Waals surface area contributed by atoms with Gasteiger partial charge in [-0.3, -0.25) is 9.59 Å². The van der Waals surface area contributed by atoms with E-state index in [1.807, 2.05) is 6.92 Å². The van der Waals surface area contributed by atoms with Gasteiger partial charge in [0.1, 0.15) is 5.41 Å².